The van der Waals surface area contributed by atoms with E-state index in [1.807, 2.05) is 6.07 Å². The molecule has 1 atom stereocenters. The monoisotopic (exact) mass is 390 g/mol. The van der Waals surface area contributed by atoms with Gasteiger partial charge in [0.1, 0.15) is 18.1 Å². The summed E-state index contributed by atoms with van der Waals surface area (Å²) in [6.07, 6.45) is 0.196. The summed E-state index contributed by atoms with van der Waals surface area (Å²) in [6.45, 7) is 0.646. The van der Waals surface area contributed by atoms with E-state index in [9.17, 15) is 9.18 Å². The molecular formula is C20H22ClFN3O2+. The number of para-hydroxylation sites is 2. The average molecular weight is 391 g/mol. The Morgan fingerprint density at radius 1 is 1.30 bits per heavy atom. The maximum absolute atomic E-state index is 14.0. The predicted molar refractivity (Wildman–Crippen MR) is 102 cm³/mol. The van der Waals surface area contributed by atoms with Crippen LogP contribution in [0.3, 0.4) is 0 Å². The number of quaternary nitrogens is 1. The number of anilines is 1. The standard InChI is InChI=1S/C20H21ClFN3O2/c1-24(13-15-16(21)7-5-8-17(15)22)14-20(26)25(12-6-11-23)18-9-3-4-10-19(18)27-2/h3-5,7-10H,6,12-14H2,1-2H3/p+1. The first kappa shape index (κ1) is 20.7. The molecule has 1 N–H and O–H groups in total. The molecule has 2 aromatic carbocycles. The highest BCUT2D eigenvalue weighted by molar-refractivity contribution is 6.31. The predicted octanol–water partition coefficient (Wildman–Crippen LogP) is 2.45. The first-order chi connectivity index (χ1) is 13.0. The third-order valence-electron chi connectivity index (χ3n) is 4.12. The lowest BCUT2D eigenvalue weighted by atomic mass is 10.2. The molecule has 7 heteroatoms. The van der Waals surface area contributed by atoms with Crippen molar-refractivity contribution in [2.45, 2.75) is 13.0 Å². The maximum atomic E-state index is 14.0. The third kappa shape index (κ3) is 5.43. The SMILES string of the molecule is COc1ccccc1N(CCC#N)C(=O)C[NH+](C)Cc1c(F)cccc1Cl. The molecule has 0 saturated heterocycles. The molecule has 0 saturated carbocycles. The van der Waals surface area contributed by atoms with Gasteiger partial charge in [-0.2, -0.15) is 5.26 Å². The first-order valence-electron chi connectivity index (χ1n) is 8.52. The van der Waals surface area contributed by atoms with Crippen molar-refractivity contribution in [3.05, 3.63) is 58.9 Å². The second-order valence-electron chi connectivity index (χ2n) is 6.14. The van der Waals surface area contributed by atoms with Crippen molar-refractivity contribution in [3.63, 3.8) is 0 Å². The molecule has 0 heterocycles. The molecule has 0 aromatic heterocycles. The minimum atomic E-state index is -0.389. The number of nitriles is 1. The summed E-state index contributed by atoms with van der Waals surface area (Å²) in [5, 5.41) is 9.27. The van der Waals surface area contributed by atoms with E-state index in [4.69, 9.17) is 21.6 Å². The number of carbonyl (C=O) groups excluding carboxylic acids is 1. The average Bonchev–Trinajstić information content (AvgIpc) is 2.65. The number of carbonyl (C=O) groups is 1. The number of ether oxygens (including phenoxy) is 1. The van der Waals surface area contributed by atoms with Crippen molar-refractivity contribution in [2.75, 3.05) is 32.1 Å². The summed E-state index contributed by atoms with van der Waals surface area (Å²) in [6, 6.07) is 13.7. The van der Waals surface area contributed by atoms with Crippen molar-refractivity contribution in [1.29, 1.82) is 5.26 Å². The molecule has 0 aliphatic carbocycles. The van der Waals surface area contributed by atoms with Crippen LogP contribution in [-0.2, 0) is 11.3 Å². The molecule has 5 nitrogen and oxygen atoms in total. The van der Waals surface area contributed by atoms with Crippen LogP contribution in [0.4, 0.5) is 10.1 Å². The molecule has 0 bridgehead atoms. The third-order valence-corrected chi connectivity index (χ3v) is 4.47. The van der Waals surface area contributed by atoms with E-state index in [1.54, 1.807) is 37.4 Å². The Bertz CT molecular complexity index is 818. The number of methoxy groups -OCH3 is 1. The van der Waals surface area contributed by atoms with Crippen molar-refractivity contribution in [3.8, 4) is 11.8 Å². The van der Waals surface area contributed by atoms with E-state index >= 15 is 0 Å². The lowest BCUT2D eigenvalue weighted by Crippen LogP contribution is -3.09. The summed E-state index contributed by atoms with van der Waals surface area (Å²) in [4.78, 5) is 15.2. The van der Waals surface area contributed by atoms with Gasteiger partial charge >= 0.3 is 0 Å². The van der Waals surface area contributed by atoms with E-state index < -0.39 is 0 Å². The zero-order valence-electron chi connectivity index (χ0n) is 15.3. The largest absolute Gasteiger partial charge is 0.495 e. The molecule has 0 radical (unpaired) electrons. The Balaban J connectivity index is 2.17. The van der Waals surface area contributed by atoms with Crippen molar-refractivity contribution < 1.29 is 18.8 Å². The summed E-state index contributed by atoms with van der Waals surface area (Å²) >= 11 is 6.08. The van der Waals surface area contributed by atoms with E-state index in [1.165, 1.54) is 18.1 Å². The topological polar surface area (TPSA) is 57.8 Å². The fraction of sp³-hybridized carbons (Fsp3) is 0.300. The first-order valence-corrected chi connectivity index (χ1v) is 8.90. The van der Waals surface area contributed by atoms with Crippen LogP contribution in [0.25, 0.3) is 0 Å². The highest BCUT2D eigenvalue weighted by atomic mass is 35.5. The van der Waals surface area contributed by atoms with Gasteiger partial charge in [0.15, 0.2) is 6.54 Å². The van der Waals surface area contributed by atoms with Gasteiger partial charge in [-0.3, -0.25) is 4.79 Å². The Kier molecular flexibility index (Phi) is 7.59. The quantitative estimate of drug-likeness (QED) is 0.753. The molecule has 2 rings (SSSR count). The highest BCUT2D eigenvalue weighted by Gasteiger charge is 2.23. The number of likely N-dealkylation sites (N-methyl/N-ethyl adjacent to an activating group) is 1. The molecule has 2 aromatic rings. The number of rotatable bonds is 8. The number of halogens is 2. The van der Waals surface area contributed by atoms with Crippen LogP contribution in [-0.4, -0.2) is 33.2 Å². The number of nitrogens with one attached hydrogen (secondary N) is 1. The molecule has 0 fully saturated rings. The fourth-order valence-corrected chi connectivity index (χ4v) is 3.04. The maximum Gasteiger partial charge on any atom is 0.282 e. The molecule has 142 valence electrons. The number of amides is 1. The van der Waals surface area contributed by atoms with Crippen LogP contribution in [0.15, 0.2) is 42.5 Å². The van der Waals surface area contributed by atoms with E-state index in [0.29, 0.717) is 22.0 Å². The molecule has 27 heavy (non-hydrogen) atoms. The van der Waals surface area contributed by atoms with Crippen LogP contribution in [0, 0.1) is 17.1 Å². The summed E-state index contributed by atoms with van der Waals surface area (Å²) in [5.41, 5.74) is 0.988. The van der Waals surface area contributed by atoms with Crippen molar-refractivity contribution in [2.24, 2.45) is 0 Å². The smallest absolute Gasteiger partial charge is 0.282 e. The second kappa shape index (κ2) is 9.91. The van der Waals surface area contributed by atoms with Gasteiger partial charge in [-0.25, -0.2) is 4.39 Å². The Labute approximate surface area is 163 Å². The molecule has 0 aliphatic heterocycles. The van der Waals surface area contributed by atoms with E-state index in [0.717, 1.165) is 4.90 Å². The number of nitrogens with zero attached hydrogens (tertiary/aromatic N) is 2. The zero-order chi connectivity index (χ0) is 19.8. The summed E-state index contributed by atoms with van der Waals surface area (Å²) in [7, 11) is 3.33. The van der Waals surface area contributed by atoms with Gasteiger partial charge in [-0.05, 0) is 24.3 Å². The van der Waals surface area contributed by atoms with Crippen LogP contribution < -0.4 is 14.5 Å². The van der Waals surface area contributed by atoms with Crippen LogP contribution in [0.2, 0.25) is 5.02 Å². The van der Waals surface area contributed by atoms with Gasteiger partial charge in [0, 0.05) is 6.54 Å². The number of benzene rings is 2. The van der Waals surface area contributed by atoms with E-state index in [-0.39, 0.29) is 37.8 Å². The Hall–Kier alpha value is -2.62. The van der Waals surface area contributed by atoms with Gasteiger partial charge in [0.2, 0.25) is 0 Å². The Morgan fingerprint density at radius 3 is 2.70 bits per heavy atom. The number of hydrogen-bond acceptors (Lipinski definition) is 3. The van der Waals surface area contributed by atoms with Gasteiger partial charge in [0.25, 0.3) is 5.91 Å². The minimum absolute atomic E-state index is 0.119. The lowest BCUT2D eigenvalue weighted by molar-refractivity contribution is -0.885. The van der Waals surface area contributed by atoms with Crippen molar-refractivity contribution in [1.82, 2.24) is 0 Å². The summed E-state index contributed by atoms with van der Waals surface area (Å²) < 4.78 is 19.3. The molecule has 0 spiro atoms. The molecule has 0 aliphatic rings. The Morgan fingerprint density at radius 2 is 2.04 bits per heavy atom. The normalized spacial score (nSPS) is 11.5. The minimum Gasteiger partial charge on any atom is -0.495 e. The van der Waals surface area contributed by atoms with Crippen LogP contribution in [0.1, 0.15) is 12.0 Å². The number of hydrogen-bond donors (Lipinski definition) is 1. The second-order valence-corrected chi connectivity index (χ2v) is 6.54. The summed E-state index contributed by atoms with van der Waals surface area (Å²) in [5.74, 6) is -0.0151. The van der Waals surface area contributed by atoms with Crippen LogP contribution >= 0.6 is 11.6 Å². The lowest BCUT2D eigenvalue weighted by Gasteiger charge is -2.25. The van der Waals surface area contributed by atoms with Gasteiger partial charge in [0.05, 0.1) is 42.9 Å². The zero-order valence-corrected chi connectivity index (χ0v) is 16.1. The molecular weight excluding hydrogens is 369 g/mol. The van der Waals surface area contributed by atoms with Crippen LogP contribution in [0.5, 0.6) is 5.75 Å². The van der Waals surface area contributed by atoms with Gasteiger partial charge < -0.3 is 14.5 Å². The molecule has 1 unspecified atom stereocenters. The fourth-order valence-electron chi connectivity index (χ4n) is 2.81. The highest BCUT2D eigenvalue weighted by Crippen LogP contribution is 2.27. The van der Waals surface area contributed by atoms with Gasteiger partial charge in [-0.15, -0.1) is 0 Å². The molecule has 1 amide bonds. The van der Waals surface area contributed by atoms with E-state index in [2.05, 4.69) is 6.07 Å². The van der Waals surface area contributed by atoms with Gasteiger partial charge in [-0.1, -0.05) is 29.8 Å². The van der Waals surface area contributed by atoms with Crippen molar-refractivity contribution >= 4 is 23.2 Å².